The van der Waals surface area contributed by atoms with Gasteiger partial charge >= 0.3 is 5.97 Å². The van der Waals surface area contributed by atoms with E-state index >= 15 is 0 Å². The summed E-state index contributed by atoms with van der Waals surface area (Å²) in [5, 5.41) is 11.2. The largest absolute Gasteiger partial charge is 0.478 e. The SMILES string of the molecule is CCc1cc(C(=O)O)cc2c1[nH]c1ccccc12. The minimum Gasteiger partial charge on any atom is -0.478 e. The molecule has 0 bridgehead atoms. The van der Waals surface area contributed by atoms with Gasteiger partial charge in [0, 0.05) is 21.8 Å². The van der Waals surface area contributed by atoms with E-state index in [2.05, 4.69) is 4.98 Å². The Morgan fingerprint density at radius 3 is 2.72 bits per heavy atom. The van der Waals surface area contributed by atoms with E-state index in [9.17, 15) is 4.79 Å². The quantitative estimate of drug-likeness (QED) is 0.718. The summed E-state index contributed by atoms with van der Waals surface area (Å²) in [6, 6.07) is 11.5. The van der Waals surface area contributed by atoms with Crippen molar-refractivity contribution in [1.82, 2.24) is 4.98 Å². The van der Waals surface area contributed by atoms with Crippen molar-refractivity contribution in [2.75, 3.05) is 0 Å². The first-order chi connectivity index (χ1) is 8.70. The molecule has 2 N–H and O–H groups in total. The predicted molar refractivity (Wildman–Crippen MR) is 72.1 cm³/mol. The van der Waals surface area contributed by atoms with Crippen molar-refractivity contribution >= 4 is 27.8 Å². The molecule has 1 aromatic heterocycles. The zero-order valence-electron chi connectivity index (χ0n) is 10.0. The number of nitrogens with one attached hydrogen (secondary N) is 1. The summed E-state index contributed by atoms with van der Waals surface area (Å²) in [6.45, 7) is 2.03. The van der Waals surface area contributed by atoms with Crippen molar-refractivity contribution in [1.29, 1.82) is 0 Å². The minimum absolute atomic E-state index is 0.351. The van der Waals surface area contributed by atoms with Crippen LogP contribution in [-0.4, -0.2) is 16.1 Å². The van der Waals surface area contributed by atoms with Gasteiger partial charge in [-0.2, -0.15) is 0 Å². The number of rotatable bonds is 2. The lowest BCUT2D eigenvalue weighted by Crippen LogP contribution is -1.97. The molecule has 3 heteroatoms. The van der Waals surface area contributed by atoms with Crippen molar-refractivity contribution < 1.29 is 9.90 Å². The number of carbonyl (C=O) groups is 1. The van der Waals surface area contributed by atoms with Crippen LogP contribution >= 0.6 is 0 Å². The van der Waals surface area contributed by atoms with Gasteiger partial charge in [-0.15, -0.1) is 0 Å². The summed E-state index contributed by atoms with van der Waals surface area (Å²) in [5.74, 6) is -0.878. The average molecular weight is 239 g/mol. The molecule has 0 saturated carbocycles. The summed E-state index contributed by atoms with van der Waals surface area (Å²) in [5.41, 5.74) is 3.48. The molecule has 3 nitrogen and oxygen atoms in total. The lowest BCUT2D eigenvalue weighted by atomic mass is 10.0. The van der Waals surface area contributed by atoms with Gasteiger partial charge in [0.15, 0.2) is 0 Å². The highest BCUT2D eigenvalue weighted by atomic mass is 16.4. The molecule has 0 fully saturated rings. The van der Waals surface area contributed by atoms with E-state index in [4.69, 9.17) is 5.11 Å². The van der Waals surface area contributed by atoms with Gasteiger partial charge < -0.3 is 10.1 Å². The number of aryl methyl sites for hydroxylation is 1. The maximum Gasteiger partial charge on any atom is 0.335 e. The number of H-pyrrole nitrogens is 1. The topological polar surface area (TPSA) is 53.1 Å². The highest BCUT2D eigenvalue weighted by Gasteiger charge is 2.12. The Bertz CT molecular complexity index is 756. The van der Waals surface area contributed by atoms with Gasteiger partial charge in [0.05, 0.1) is 5.56 Å². The minimum atomic E-state index is -0.878. The highest BCUT2D eigenvalue weighted by molar-refractivity contribution is 6.10. The molecular formula is C15H13NO2. The van der Waals surface area contributed by atoms with Crippen molar-refractivity contribution in [2.24, 2.45) is 0 Å². The maximum absolute atomic E-state index is 11.2. The van der Waals surface area contributed by atoms with Crippen LogP contribution in [0.3, 0.4) is 0 Å². The number of carboxylic acids is 1. The number of aromatic carboxylic acids is 1. The third-order valence-electron chi connectivity index (χ3n) is 3.32. The molecule has 0 saturated heterocycles. The van der Waals surface area contributed by atoms with E-state index < -0.39 is 5.97 Å². The zero-order chi connectivity index (χ0) is 12.7. The van der Waals surface area contributed by atoms with Crippen LogP contribution in [-0.2, 0) is 6.42 Å². The fourth-order valence-electron chi connectivity index (χ4n) is 2.43. The second kappa shape index (κ2) is 3.88. The van der Waals surface area contributed by atoms with Crippen LogP contribution < -0.4 is 0 Å². The normalized spacial score (nSPS) is 11.2. The number of hydrogen-bond donors (Lipinski definition) is 2. The molecule has 0 atom stereocenters. The lowest BCUT2D eigenvalue weighted by molar-refractivity contribution is 0.0697. The molecule has 3 aromatic rings. The van der Waals surface area contributed by atoms with E-state index in [1.165, 1.54) is 0 Å². The molecule has 3 rings (SSSR count). The molecular weight excluding hydrogens is 226 g/mol. The van der Waals surface area contributed by atoms with Gasteiger partial charge in [-0.25, -0.2) is 4.79 Å². The van der Waals surface area contributed by atoms with Crippen LogP contribution in [0.25, 0.3) is 21.8 Å². The monoisotopic (exact) mass is 239 g/mol. The van der Waals surface area contributed by atoms with Crippen molar-refractivity contribution in [3.05, 3.63) is 47.5 Å². The molecule has 0 spiro atoms. The van der Waals surface area contributed by atoms with Gasteiger partial charge in [-0.3, -0.25) is 0 Å². The van der Waals surface area contributed by atoms with E-state index in [1.807, 2.05) is 31.2 Å². The van der Waals surface area contributed by atoms with E-state index in [0.717, 1.165) is 33.8 Å². The Morgan fingerprint density at radius 1 is 1.22 bits per heavy atom. The molecule has 0 radical (unpaired) electrons. The Kier molecular flexibility index (Phi) is 2.33. The highest BCUT2D eigenvalue weighted by Crippen LogP contribution is 2.29. The molecule has 0 aliphatic heterocycles. The van der Waals surface area contributed by atoms with Crippen molar-refractivity contribution in [2.45, 2.75) is 13.3 Å². The van der Waals surface area contributed by atoms with E-state index in [-0.39, 0.29) is 0 Å². The number of aromatic amines is 1. The van der Waals surface area contributed by atoms with Crippen molar-refractivity contribution in [3.63, 3.8) is 0 Å². The van der Waals surface area contributed by atoms with Crippen LogP contribution in [0.15, 0.2) is 36.4 Å². The Balaban J connectivity index is 2.48. The summed E-state index contributed by atoms with van der Waals surface area (Å²) < 4.78 is 0. The lowest BCUT2D eigenvalue weighted by Gasteiger charge is -2.02. The predicted octanol–water partition coefficient (Wildman–Crippen LogP) is 3.58. The number of aromatic nitrogens is 1. The van der Waals surface area contributed by atoms with Gasteiger partial charge in [-0.05, 0) is 30.2 Å². The number of benzene rings is 2. The third-order valence-corrected chi connectivity index (χ3v) is 3.32. The van der Waals surface area contributed by atoms with Crippen molar-refractivity contribution in [3.8, 4) is 0 Å². The molecule has 18 heavy (non-hydrogen) atoms. The molecule has 0 aliphatic rings. The first-order valence-electron chi connectivity index (χ1n) is 5.97. The molecule has 0 unspecified atom stereocenters. The summed E-state index contributed by atoms with van der Waals surface area (Å²) in [4.78, 5) is 14.5. The van der Waals surface area contributed by atoms with Gasteiger partial charge in [0.2, 0.25) is 0 Å². The maximum atomic E-state index is 11.2. The Hall–Kier alpha value is -2.29. The molecule has 1 heterocycles. The average Bonchev–Trinajstić information content (AvgIpc) is 2.76. The first kappa shape index (κ1) is 10.8. The fourth-order valence-corrected chi connectivity index (χ4v) is 2.43. The third kappa shape index (κ3) is 1.48. The second-order valence-electron chi connectivity index (χ2n) is 4.39. The Labute approximate surface area is 104 Å². The summed E-state index contributed by atoms with van der Waals surface area (Å²) >= 11 is 0. The van der Waals surface area contributed by atoms with Crippen LogP contribution in [0.2, 0.25) is 0 Å². The van der Waals surface area contributed by atoms with Gasteiger partial charge in [0.25, 0.3) is 0 Å². The first-order valence-corrected chi connectivity index (χ1v) is 5.97. The fraction of sp³-hybridized carbons (Fsp3) is 0.133. The molecule has 2 aromatic carbocycles. The van der Waals surface area contributed by atoms with Gasteiger partial charge in [-0.1, -0.05) is 25.1 Å². The summed E-state index contributed by atoms with van der Waals surface area (Å²) in [7, 11) is 0. The second-order valence-corrected chi connectivity index (χ2v) is 4.39. The van der Waals surface area contributed by atoms with E-state index in [0.29, 0.717) is 5.56 Å². The van der Waals surface area contributed by atoms with Crippen LogP contribution in [0.1, 0.15) is 22.8 Å². The smallest absolute Gasteiger partial charge is 0.335 e. The van der Waals surface area contributed by atoms with Crippen LogP contribution in [0.5, 0.6) is 0 Å². The van der Waals surface area contributed by atoms with E-state index in [1.54, 1.807) is 12.1 Å². The van der Waals surface area contributed by atoms with Gasteiger partial charge in [0.1, 0.15) is 0 Å². The summed E-state index contributed by atoms with van der Waals surface area (Å²) in [6.07, 6.45) is 0.810. The molecule has 0 amide bonds. The number of fused-ring (bicyclic) bond motifs is 3. The van der Waals surface area contributed by atoms with Crippen LogP contribution in [0.4, 0.5) is 0 Å². The number of carboxylic acid groups (broad SMARTS) is 1. The molecule has 90 valence electrons. The zero-order valence-corrected chi connectivity index (χ0v) is 10.0. The standard InChI is InChI=1S/C15H13NO2/c1-2-9-7-10(15(17)18)8-12-11-5-3-4-6-13(11)16-14(9)12/h3-8,16H,2H2,1H3,(H,17,18). The Morgan fingerprint density at radius 2 is 2.00 bits per heavy atom. The number of hydrogen-bond acceptors (Lipinski definition) is 1. The molecule has 0 aliphatic carbocycles. The van der Waals surface area contributed by atoms with Crippen LogP contribution in [0, 0.1) is 0 Å². The number of para-hydroxylation sites is 1.